The minimum absolute atomic E-state index is 0.185. The Balaban J connectivity index is 1.77. The Kier molecular flexibility index (Phi) is 3.75. The molecule has 0 amide bonds. The van der Waals surface area contributed by atoms with Crippen LogP contribution in [-0.4, -0.2) is 19.6 Å². The Morgan fingerprint density at radius 2 is 2.00 bits per heavy atom. The summed E-state index contributed by atoms with van der Waals surface area (Å²) >= 11 is 0. The van der Waals surface area contributed by atoms with Crippen LogP contribution in [0.1, 0.15) is 11.5 Å². The van der Waals surface area contributed by atoms with E-state index in [4.69, 9.17) is 0 Å². The highest BCUT2D eigenvalue weighted by molar-refractivity contribution is 5.90. The zero-order valence-electron chi connectivity index (χ0n) is 13.5. The zero-order valence-corrected chi connectivity index (χ0v) is 13.5. The van der Waals surface area contributed by atoms with Gasteiger partial charge in [-0.2, -0.15) is 5.26 Å². The molecule has 26 heavy (non-hydrogen) atoms. The lowest BCUT2D eigenvalue weighted by atomic mass is 10.2. The number of hydrogen-bond donors (Lipinski definition) is 2. The minimum Gasteiger partial charge on any atom is -0.508 e. The van der Waals surface area contributed by atoms with Crippen LogP contribution in [0.4, 0.5) is 4.39 Å². The van der Waals surface area contributed by atoms with Crippen LogP contribution in [0.15, 0.2) is 60.8 Å². The molecule has 0 fully saturated rings. The van der Waals surface area contributed by atoms with Gasteiger partial charge in [0.25, 0.3) is 0 Å². The minimum atomic E-state index is -0.364. The van der Waals surface area contributed by atoms with E-state index >= 15 is 0 Å². The van der Waals surface area contributed by atoms with Crippen molar-refractivity contribution in [2.75, 3.05) is 0 Å². The monoisotopic (exact) mass is 344 g/mol. The van der Waals surface area contributed by atoms with Crippen LogP contribution in [0.5, 0.6) is 5.75 Å². The highest BCUT2D eigenvalue weighted by Crippen LogP contribution is 2.22. The van der Waals surface area contributed by atoms with Gasteiger partial charge in [0.1, 0.15) is 23.5 Å². The first-order valence-electron chi connectivity index (χ1n) is 7.88. The predicted molar refractivity (Wildman–Crippen MR) is 97.0 cm³/mol. The van der Waals surface area contributed by atoms with Gasteiger partial charge in [0.05, 0.1) is 16.6 Å². The van der Waals surface area contributed by atoms with Gasteiger partial charge in [0, 0.05) is 17.6 Å². The van der Waals surface area contributed by atoms with E-state index in [1.165, 1.54) is 12.1 Å². The molecule has 0 radical (unpaired) electrons. The van der Waals surface area contributed by atoms with E-state index in [1.54, 1.807) is 36.4 Å². The fourth-order valence-electron chi connectivity index (χ4n) is 2.77. The first kappa shape index (κ1) is 15.7. The second-order valence-electron chi connectivity index (χ2n) is 5.74. The van der Waals surface area contributed by atoms with Gasteiger partial charge in [0.2, 0.25) is 0 Å². The maximum Gasteiger partial charge on any atom is 0.149 e. The Bertz CT molecular complexity index is 1160. The molecule has 5 nitrogen and oxygen atoms in total. The average molecular weight is 344 g/mol. The van der Waals surface area contributed by atoms with Crippen molar-refractivity contribution in [3.8, 4) is 17.5 Å². The molecule has 0 bridgehead atoms. The average Bonchev–Trinajstić information content (AvgIpc) is 3.26. The van der Waals surface area contributed by atoms with Gasteiger partial charge in [-0.3, -0.25) is 0 Å². The number of H-pyrrole nitrogens is 1. The number of aromatic hydroxyl groups is 1. The van der Waals surface area contributed by atoms with Crippen LogP contribution in [0.25, 0.3) is 28.4 Å². The number of benzene rings is 2. The molecule has 2 aromatic heterocycles. The van der Waals surface area contributed by atoms with Gasteiger partial charge in [-0.1, -0.05) is 0 Å². The van der Waals surface area contributed by atoms with Gasteiger partial charge in [-0.25, -0.2) is 9.37 Å². The largest absolute Gasteiger partial charge is 0.508 e. The van der Waals surface area contributed by atoms with E-state index in [-0.39, 0.29) is 11.6 Å². The Hall–Kier alpha value is -3.85. The van der Waals surface area contributed by atoms with Gasteiger partial charge >= 0.3 is 0 Å². The summed E-state index contributed by atoms with van der Waals surface area (Å²) in [5.41, 5.74) is 3.09. The number of nitrogens with zero attached hydrogens (tertiary/aromatic N) is 3. The van der Waals surface area contributed by atoms with E-state index in [0.29, 0.717) is 22.4 Å². The van der Waals surface area contributed by atoms with E-state index in [2.05, 4.69) is 16.0 Å². The summed E-state index contributed by atoms with van der Waals surface area (Å²) < 4.78 is 15.2. The van der Waals surface area contributed by atoms with Crippen molar-refractivity contribution in [1.82, 2.24) is 14.5 Å². The van der Waals surface area contributed by atoms with E-state index in [0.717, 1.165) is 11.4 Å². The molecule has 2 heterocycles. The van der Waals surface area contributed by atoms with E-state index in [9.17, 15) is 14.8 Å². The number of nitrogens with one attached hydrogen (secondary N) is 1. The molecule has 6 heteroatoms. The quantitative estimate of drug-likeness (QED) is 0.545. The first-order valence-corrected chi connectivity index (χ1v) is 7.88. The first-order chi connectivity index (χ1) is 12.6. The topological polar surface area (TPSA) is 77.6 Å². The molecule has 0 aliphatic carbocycles. The van der Waals surface area contributed by atoms with Crippen LogP contribution >= 0.6 is 0 Å². The summed E-state index contributed by atoms with van der Waals surface area (Å²) in [5, 5.41) is 19.0. The maximum atomic E-state index is 13.4. The normalized spacial score (nSPS) is 11.6. The van der Waals surface area contributed by atoms with Crippen molar-refractivity contribution in [3.63, 3.8) is 0 Å². The number of phenolic OH excluding ortho intramolecular Hbond substituents is 1. The Morgan fingerprint density at radius 3 is 2.77 bits per heavy atom. The summed E-state index contributed by atoms with van der Waals surface area (Å²) in [6, 6.07) is 16.9. The molecule has 0 saturated carbocycles. The zero-order chi connectivity index (χ0) is 18.1. The standard InChI is InChI=1S/C20H13FN4O/c21-14-3-8-18-19(11-14)24-20(23-18)13(12-22)10-16-2-1-9-25(16)15-4-6-17(26)7-5-15/h1-11,26H,(H,23,24)/b13-10-. The number of hydrogen-bond acceptors (Lipinski definition) is 3. The molecule has 4 aromatic rings. The fraction of sp³-hybridized carbons (Fsp3) is 0. The molecule has 0 aliphatic rings. The number of rotatable bonds is 3. The predicted octanol–water partition coefficient (Wildman–Crippen LogP) is 4.26. The highest BCUT2D eigenvalue weighted by atomic mass is 19.1. The molecule has 2 N–H and O–H groups in total. The van der Waals surface area contributed by atoms with Crippen molar-refractivity contribution in [3.05, 3.63) is 78.1 Å². The number of aromatic nitrogens is 3. The van der Waals surface area contributed by atoms with E-state index in [1.807, 2.05) is 22.9 Å². The van der Waals surface area contributed by atoms with Crippen molar-refractivity contribution in [2.24, 2.45) is 0 Å². The van der Waals surface area contributed by atoms with Crippen LogP contribution in [0, 0.1) is 17.1 Å². The maximum absolute atomic E-state index is 13.4. The van der Waals surface area contributed by atoms with Gasteiger partial charge < -0.3 is 14.7 Å². The second kappa shape index (κ2) is 6.22. The lowest BCUT2D eigenvalue weighted by Gasteiger charge is -2.07. The van der Waals surface area contributed by atoms with E-state index < -0.39 is 0 Å². The SMILES string of the molecule is N#C/C(=C/c1cccn1-c1ccc(O)cc1)c1nc2ccc(F)cc2[nH]1. The van der Waals surface area contributed by atoms with Crippen molar-refractivity contribution in [2.45, 2.75) is 0 Å². The highest BCUT2D eigenvalue weighted by Gasteiger charge is 2.10. The lowest BCUT2D eigenvalue weighted by Crippen LogP contribution is -1.95. The van der Waals surface area contributed by atoms with Crippen LogP contribution in [-0.2, 0) is 0 Å². The van der Waals surface area contributed by atoms with Gasteiger partial charge in [0.15, 0.2) is 0 Å². The summed E-state index contributed by atoms with van der Waals surface area (Å²) in [4.78, 5) is 7.35. The molecular formula is C20H13FN4O. The second-order valence-corrected chi connectivity index (χ2v) is 5.74. The van der Waals surface area contributed by atoms with Crippen LogP contribution < -0.4 is 0 Å². The van der Waals surface area contributed by atoms with Gasteiger partial charge in [-0.15, -0.1) is 0 Å². The molecule has 0 spiro atoms. The molecule has 126 valence electrons. The summed E-state index contributed by atoms with van der Waals surface area (Å²) in [6.07, 6.45) is 3.57. The number of fused-ring (bicyclic) bond motifs is 1. The van der Waals surface area contributed by atoms with Gasteiger partial charge in [-0.05, 0) is 60.7 Å². The van der Waals surface area contributed by atoms with Crippen molar-refractivity contribution < 1.29 is 9.50 Å². The molecule has 0 aliphatic heterocycles. The molecule has 2 aromatic carbocycles. The summed E-state index contributed by atoms with van der Waals surface area (Å²) in [5.74, 6) is 0.202. The fourth-order valence-corrected chi connectivity index (χ4v) is 2.77. The third-order valence-electron chi connectivity index (χ3n) is 4.02. The number of nitriles is 1. The number of imidazole rings is 1. The molecule has 0 atom stereocenters. The molecule has 4 rings (SSSR count). The van der Waals surface area contributed by atoms with Crippen molar-refractivity contribution >= 4 is 22.7 Å². The molecular weight excluding hydrogens is 331 g/mol. The third kappa shape index (κ3) is 2.82. The van der Waals surface area contributed by atoms with Crippen LogP contribution in [0.3, 0.4) is 0 Å². The summed E-state index contributed by atoms with van der Waals surface area (Å²) in [7, 11) is 0. The number of aromatic amines is 1. The van der Waals surface area contributed by atoms with Crippen LogP contribution in [0.2, 0.25) is 0 Å². The Labute approximate surface area is 148 Å². The van der Waals surface area contributed by atoms with Crippen molar-refractivity contribution in [1.29, 1.82) is 5.26 Å². The Morgan fingerprint density at radius 1 is 1.19 bits per heavy atom. The molecule has 0 unspecified atom stereocenters. The number of halogens is 1. The third-order valence-corrected chi connectivity index (χ3v) is 4.02. The number of allylic oxidation sites excluding steroid dienone is 1. The smallest absolute Gasteiger partial charge is 0.149 e. The number of phenols is 1. The lowest BCUT2D eigenvalue weighted by molar-refractivity contribution is 0.475. The summed E-state index contributed by atoms with van der Waals surface area (Å²) in [6.45, 7) is 0. The molecule has 0 saturated heterocycles.